The van der Waals surface area contributed by atoms with Crippen molar-refractivity contribution in [3.05, 3.63) is 0 Å². The summed E-state index contributed by atoms with van der Waals surface area (Å²) in [4.78, 5) is 19.9. The van der Waals surface area contributed by atoms with Gasteiger partial charge in [-0.25, -0.2) is 0 Å². The van der Waals surface area contributed by atoms with Gasteiger partial charge < -0.3 is 15.3 Å². The third-order valence-corrected chi connectivity index (χ3v) is 0.959. The lowest BCUT2D eigenvalue weighted by Gasteiger charge is -2.09. The van der Waals surface area contributed by atoms with Crippen LogP contribution in [0.4, 0.5) is 0 Å². The summed E-state index contributed by atoms with van der Waals surface area (Å²) in [6.07, 6.45) is -3.48. The van der Waals surface area contributed by atoms with E-state index in [0.29, 0.717) is 0 Å². The van der Waals surface area contributed by atoms with Gasteiger partial charge in [0.25, 0.3) is 0 Å². The van der Waals surface area contributed by atoms with Gasteiger partial charge in [0.15, 0.2) is 6.29 Å². The van der Waals surface area contributed by atoms with Crippen molar-refractivity contribution in [2.75, 3.05) is 6.61 Å². The number of hydrogen-bond acceptors (Lipinski definition) is 5. The molecular formula is C5H8O5. The molecule has 0 rings (SSSR count). The number of aldehydes is 1. The Balaban J connectivity index is 3.93. The zero-order valence-corrected chi connectivity index (χ0v) is 5.10. The average Bonchev–Trinajstić information content (AvgIpc) is 2.00. The summed E-state index contributed by atoms with van der Waals surface area (Å²) in [5, 5.41) is 25.3. The topological polar surface area (TPSA) is 94.8 Å². The second-order valence-electron chi connectivity index (χ2n) is 1.71. The third kappa shape index (κ3) is 2.22. The predicted octanol–water partition coefficient (Wildman–Crippen LogP) is -2.53. The van der Waals surface area contributed by atoms with Crippen LogP contribution in [0, 0.1) is 0 Å². The van der Waals surface area contributed by atoms with Crippen molar-refractivity contribution in [3.8, 4) is 0 Å². The third-order valence-electron chi connectivity index (χ3n) is 0.959. The van der Waals surface area contributed by atoms with E-state index in [1.807, 2.05) is 0 Å². The number of ketones is 1. The van der Waals surface area contributed by atoms with Gasteiger partial charge >= 0.3 is 0 Å². The van der Waals surface area contributed by atoms with Crippen LogP contribution in [-0.2, 0) is 9.59 Å². The van der Waals surface area contributed by atoms with Gasteiger partial charge in [0.1, 0.15) is 12.2 Å². The Morgan fingerprint density at radius 2 is 2.00 bits per heavy atom. The molecule has 0 aromatic carbocycles. The van der Waals surface area contributed by atoms with Gasteiger partial charge in [-0.2, -0.15) is 0 Å². The van der Waals surface area contributed by atoms with Gasteiger partial charge in [-0.3, -0.25) is 9.59 Å². The van der Waals surface area contributed by atoms with E-state index in [2.05, 4.69) is 0 Å². The summed E-state index contributed by atoms with van der Waals surface area (Å²) in [5.74, 6) is -1.14. The smallest absolute Gasteiger partial charge is 0.226 e. The van der Waals surface area contributed by atoms with Crippen LogP contribution in [0.2, 0.25) is 0 Å². The Morgan fingerprint density at radius 1 is 1.50 bits per heavy atom. The van der Waals surface area contributed by atoms with Crippen LogP contribution < -0.4 is 0 Å². The fourth-order valence-corrected chi connectivity index (χ4v) is 0.359. The van der Waals surface area contributed by atoms with Crippen molar-refractivity contribution >= 4 is 12.1 Å². The number of Topliss-reactive ketones (excluding diaryl/α,β-unsaturated/α-hetero) is 1. The molecule has 0 bridgehead atoms. The van der Waals surface area contributed by atoms with E-state index in [4.69, 9.17) is 15.3 Å². The van der Waals surface area contributed by atoms with Crippen molar-refractivity contribution < 1.29 is 24.9 Å². The molecule has 0 aromatic rings. The van der Waals surface area contributed by atoms with Gasteiger partial charge in [-0.05, 0) is 0 Å². The molecule has 0 aromatic heterocycles. The van der Waals surface area contributed by atoms with Crippen LogP contribution in [0.25, 0.3) is 0 Å². The molecule has 0 fully saturated rings. The molecule has 5 heteroatoms. The summed E-state index contributed by atoms with van der Waals surface area (Å²) in [5.41, 5.74) is 0. The molecule has 0 heterocycles. The SMILES string of the molecule is O=CC(=O)[C@@H](O)[C@H](O)CO. The van der Waals surface area contributed by atoms with Crippen LogP contribution >= 0.6 is 0 Å². The van der Waals surface area contributed by atoms with Crippen LogP contribution in [0.15, 0.2) is 0 Å². The van der Waals surface area contributed by atoms with E-state index in [1.165, 1.54) is 0 Å². The van der Waals surface area contributed by atoms with Gasteiger partial charge in [0, 0.05) is 0 Å². The zero-order valence-electron chi connectivity index (χ0n) is 5.10. The molecule has 0 amide bonds. The van der Waals surface area contributed by atoms with Gasteiger partial charge in [0.2, 0.25) is 5.78 Å². The van der Waals surface area contributed by atoms with Crippen molar-refractivity contribution in [2.45, 2.75) is 12.2 Å². The van der Waals surface area contributed by atoms with Gasteiger partial charge in [0.05, 0.1) is 6.61 Å². The standard InChI is InChI=1S/C5H8O5/c6-1-3(8)5(10)4(9)2-7/h1,4-5,7,9-10H,2H2/t4-,5-/m1/s1. The highest BCUT2D eigenvalue weighted by molar-refractivity contribution is 6.27. The lowest BCUT2D eigenvalue weighted by molar-refractivity contribution is -0.140. The molecule has 3 N–H and O–H groups in total. The lowest BCUT2D eigenvalue weighted by Crippen LogP contribution is -2.36. The Hall–Kier alpha value is -0.780. The summed E-state index contributed by atoms with van der Waals surface area (Å²) >= 11 is 0. The molecule has 0 unspecified atom stereocenters. The maximum atomic E-state index is 10.2. The molecular weight excluding hydrogens is 140 g/mol. The second-order valence-corrected chi connectivity index (χ2v) is 1.71. The Labute approximate surface area is 56.9 Å². The number of aliphatic hydroxyl groups is 3. The number of hydrogen-bond donors (Lipinski definition) is 3. The first-order valence-corrected chi connectivity index (χ1v) is 2.59. The zero-order chi connectivity index (χ0) is 8.15. The van der Waals surface area contributed by atoms with E-state index < -0.39 is 24.6 Å². The van der Waals surface area contributed by atoms with Crippen molar-refractivity contribution in [2.24, 2.45) is 0 Å². The normalized spacial score (nSPS) is 15.9. The minimum atomic E-state index is -1.80. The highest BCUT2D eigenvalue weighted by Crippen LogP contribution is 1.91. The number of aliphatic hydroxyl groups excluding tert-OH is 3. The maximum Gasteiger partial charge on any atom is 0.226 e. The summed E-state index contributed by atoms with van der Waals surface area (Å²) in [6.45, 7) is -0.749. The van der Waals surface area contributed by atoms with Crippen molar-refractivity contribution in [1.82, 2.24) is 0 Å². The molecule has 0 aliphatic heterocycles. The summed E-state index contributed by atoms with van der Waals surface area (Å²) in [6, 6.07) is 0. The van der Waals surface area contributed by atoms with Crippen LogP contribution in [-0.4, -0.2) is 46.2 Å². The Morgan fingerprint density at radius 3 is 2.30 bits per heavy atom. The number of carbonyl (C=O) groups excluding carboxylic acids is 2. The first-order valence-electron chi connectivity index (χ1n) is 2.59. The van der Waals surface area contributed by atoms with E-state index in [0.717, 1.165) is 0 Å². The van der Waals surface area contributed by atoms with Crippen LogP contribution in [0.1, 0.15) is 0 Å². The van der Waals surface area contributed by atoms with Gasteiger partial charge in [-0.15, -0.1) is 0 Å². The number of carbonyl (C=O) groups is 2. The molecule has 0 aliphatic rings. The summed E-state index contributed by atoms with van der Waals surface area (Å²) < 4.78 is 0. The molecule has 58 valence electrons. The monoisotopic (exact) mass is 148 g/mol. The highest BCUT2D eigenvalue weighted by atomic mass is 16.4. The largest absolute Gasteiger partial charge is 0.394 e. The highest BCUT2D eigenvalue weighted by Gasteiger charge is 2.22. The van der Waals surface area contributed by atoms with Crippen molar-refractivity contribution in [3.63, 3.8) is 0 Å². The predicted molar refractivity (Wildman–Crippen MR) is 30.2 cm³/mol. The van der Waals surface area contributed by atoms with Gasteiger partial charge in [-0.1, -0.05) is 0 Å². The quantitative estimate of drug-likeness (QED) is 0.302. The number of rotatable bonds is 4. The van der Waals surface area contributed by atoms with E-state index >= 15 is 0 Å². The minimum Gasteiger partial charge on any atom is -0.394 e. The lowest BCUT2D eigenvalue weighted by atomic mass is 10.1. The molecule has 0 spiro atoms. The fourth-order valence-electron chi connectivity index (χ4n) is 0.359. The van der Waals surface area contributed by atoms with E-state index in [-0.39, 0.29) is 6.29 Å². The molecule has 0 aliphatic carbocycles. The van der Waals surface area contributed by atoms with Crippen LogP contribution in [0.3, 0.4) is 0 Å². The molecule has 0 saturated heterocycles. The maximum absolute atomic E-state index is 10.2. The first-order chi connectivity index (χ1) is 4.63. The first kappa shape index (κ1) is 9.22. The molecule has 10 heavy (non-hydrogen) atoms. The summed E-state index contributed by atoms with van der Waals surface area (Å²) in [7, 11) is 0. The fraction of sp³-hybridized carbons (Fsp3) is 0.600. The minimum absolute atomic E-state index is 0.108. The second kappa shape index (κ2) is 4.10. The van der Waals surface area contributed by atoms with E-state index in [1.54, 1.807) is 0 Å². The average molecular weight is 148 g/mol. The molecule has 0 radical (unpaired) electrons. The molecule has 0 saturated carbocycles. The molecule has 5 nitrogen and oxygen atoms in total. The van der Waals surface area contributed by atoms with Crippen molar-refractivity contribution in [1.29, 1.82) is 0 Å². The Kier molecular flexibility index (Phi) is 3.78. The Bertz CT molecular complexity index is 132. The van der Waals surface area contributed by atoms with Crippen LogP contribution in [0.5, 0.6) is 0 Å². The van der Waals surface area contributed by atoms with E-state index in [9.17, 15) is 9.59 Å². The molecule has 2 atom stereocenters.